The summed E-state index contributed by atoms with van der Waals surface area (Å²) in [6, 6.07) is 20.3. The molecular weight excluding hydrogens is 372 g/mol. The second-order valence-electron chi connectivity index (χ2n) is 6.73. The third kappa shape index (κ3) is 3.80. The van der Waals surface area contributed by atoms with Gasteiger partial charge in [0, 0.05) is 16.8 Å². The fourth-order valence-electron chi connectivity index (χ4n) is 3.69. The second kappa shape index (κ2) is 8.28. The van der Waals surface area contributed by atoms with E-state index in [9.17, 15) is 4.79 Å². The average molecular weight is 395 g/mol. The van der Waals surface area contributed by atoms with E-state index in [0.29, 0.717) is 10.4 Å². The van der Waals surface area contributed by atoms with Gasteiger partial charge in [0.1, 0.15) is 4.75 Å². The van der Waals surface area contributed by atoms with Gasteiger partial charge in [-0.2, -0.15) is 0 Å². The van der Waals surface area contributed by atoms with Crippen molar-refractivity contribution in [2.75, 3.05) is 5.32 Å². The van der Waals surface area contributed by atoms with Gasteiger partial charge in [-0.3, -0.25) is 4.79 Å². The Labute approximate surface area is 168 Å². The van der Waals surface area contributed by atoms with Crippen LogP contribution in [0.15, 0.2) is 72.2 Å². The molecule has 27 heavy (non-hydrogen) atoms. The van der Waals surface area contributed by atoms with E-state index in [0.717, 1.165) is 24.0 Å². The molecule has 1 amide bonds. The fraction of sp³-hybridized carbons (Fsp3) is 0.273. The number of hydrogen-bond acceptors (Lipinski definition) is 4. The fourth-order valence-corrected chi connectivity index (χ4v) is 5.99. The Bertz CT molecular complexity index is 820. The lowest BCUT2D eigenvalue weighted by molar-refractivity contribution is -0.117. The van der Waals surface area contributed by atoms with E-state index >= 15 is 0 Å². The van der Waals surface area contributed by atoms with E-state index in [1.165, 1.54) is 24.2 Å². The van der Waals surface area contributed by atoms with Crippen molar-refractivity contribution in [2.24, 2.45) is 0 Å². The lowest BCUT2D eigenvalue weighted by Gasteiger charge is -2.35. The first-order valence-electron chi connectivity index (χ1n) is 9.29. The number of rotatable bonds is 6. The number of thioether (sulfide) groups is 1. The molecule has 3 nitrogen and oxygen atoms in total. The molecule has 0 atom stereocenters. The van der Waals surface area contributed by atoms with Gasteiger partial charge in [0.05, 0.1) is 0 Å². The highest BCUT2D eigenvalue weighted by Gasteiger charge is 2.45. The van der Waals surface area contributed by atoms with Crippen molar-refractivity contribution in [3.8, 4) is 0 Å². The Morgan fingerprint density at radius 2 is 1.59 bits per heavy atom. The Morgan fingerprint density at radius 3 is 2.11 bits per heavy atom. The first kappa shape index (κ1) is 18.3. The van der Waals surface area contributed by atoms with Crippen LogP contribution >= 0.6 is 23.1 Å². The molecule has 4 rings (SSSR count). The van der Waals surface area contributed by atoms with E-state index in [1.807, 2.05) is 41.8 Å². The lowest BCUT2D eigenvalue weighted by Crippen LogP contribution is -2.40. The molecule has 0 bridgehead atoms. The maximum atomic E-state index is 13.8. The molecule has 2 aromatic carbocycles. The molecule has 138 valence electrons. The average Bonchev–Trinajstić information content (AvgIpc) is 3.41. The molecule has 0 saturated heterocycles. The number of hydrogen-bond donors (Lipinski definition) is 1. The monoisotopic (exact) mass is 394 g/mol. The Balaban J connectivity index is 1.83. The predicted molar refractivity (Wildman–Crippen MR) is 114 cm³/mol. The van der Waals surface area contributed by atoms with Gasteiger partial charge >= 0.3 is 0 Å². The minimum Gasteiger partial charge on any atom is -0.300 e. The molecule has 3 aromatic rings. The zero-order valence-electron chi connectivity index (χ0n) is 15.0. The summed E-state index contributed by atoms with van der Waals surface area (Å²) in [7, 11) is 0. The van der Waals surface area contributed by atoms with Gasteiger partial charge in [-0.15, -0.1) is 23.1 Å². The molecule has 1 saturated carbocycles. The smallest absolute Gasteiger partial charge is 0.251 e. The summed E-state index contributed by atoms with van der Waals surface area (Å²) in [5.74, 6) is -0.0215. The highest BCUT2D eigenvalue weighted by molar-refractivity contribution is 8.01. The van der Waals surface area contributed by atoms with Crippen LogP contribution in [0.4, 0.5) is 5.13 Å². The molecule has 0 spiro atoms. The maximum Gasteiger partial charge on any atom is 0.251 e. The van der Waals surface area contributed by atoms with Crippen LogP contribution < -0.4 is 5.32 Å². The molecule has 0 radical (unpaired) electrons. The highest BCUT2D eigenvalue weighted by Crippen LogP contribution is 2.49. The summed E-state index contributed by atoms with van der Waals surface area (Å²) in [5.41, 5.74) is 2.03. The maximum absolute atomic E-state index is 13.8. The van der Waals surface area contributed by atoms with Gasteiger partial charge in [0.2, 0.25) is 0 Å². The Kier molecular flexibility index (Phi) is 5.60. The molecule has 1 heterocycles. The third-order valence-corrected chi connectivity index (χ3v) is 7.48. The van der Waals surface area contributed by atoms with Crippen molar-refractivity contribution in [3.63, 3.8) is 0 Å². The number of anilines is 1. The lowest BCUT2D eigenvalue weighted by atomic mass is 9.89. The van der Waals surface area contributed by atoms with Gasteiger partial charge in [0.15, 0.2) is 5.13 Å². The minimum absolute atomic E-state index is 0.0215. The van der Waals surface area contributed by atoms with Gasteiger partial charge in [-0.05, 0) is 24.0 Å². The molecule has 1 aromatic heterocycles. The summed E-state index contributed by atoms with van der Waals surface area (Å²) in [6.45, 7) is 0. The van der Waals surface area contributed by atoms with Crippen molar-refractivity contribution in [1.82, 2.24) is 4.98 Å². The molecule has 1 N–H and O–H groups in total. The topological polar surface area (TPSA) is 42.0 Å². The van der Waals surface area contributed by atoms with E-state index < -0.39 is 4.75 Å². The van der Waals surface area contributed by atoms with E-state index in [2.05, 4.69) is 34.6 Å². The van der Waals surface area contributed by atoms with Gasteiger partial charge < -0.3 is 5.32 Å². The number of aromatic nitrogens is 1. The van der Waals surface area contributed by atoms with Crippen LogP contribution in [0.1, 0.15) is 36.8 Å². The summed E-state index contributed by atoms with van der Waals surface area (Å²) in [4.78, 5) is 18.0. The van der Waals surface area contributed by atoms with Gasteiger partial charge in [0.25, 0.3) is 5.91 Å². The third-order valence-electron chi connectivity index (χ3n) is 4.98. The van der Waals surface area contributed by atoms with Gasteiger partial charge in [-0.1, -0.05) is 73.5 Å². The number of carbonyl (C=O) groups excluding carboxylic acids is 1. The number of benzene rings is 2. The zero-order valence-corrected chi connectivity index (χ0v) is 16.6. The van der Waals surface area contributed by atoms with E-state index in [-0.39, 0.29) is 5.91 Å². The number of carbonyl (C=O) groups is 1. The first-order chi connectivity index (χ1) is 13.3. The van der Waals surface area contributed by atoms with Crippen molar-refractivity contribution in [2.45, 2.75) is 35.7 Å². The predicted octanol–water partition coefficient (Wildman–Crippen LogP) is 5.70. The number of nitrogens with one attached hydrogen (secondary N) is 1. The normalized spacial score (nSPS) is 15.0. The van der Waals surface area contributed by atoms with Crippen LogP contribution in [0.25, 0.3) is 0 Å². The Morgan fingerprint density at radius 1 is 1.00 bits per heavy atom. The quantitative estimate of drug-likeness (QED) is 0.583. The highest BCUT2D eigenvalue weighted by atomic mass is 32.2. The number of amides is 1. The Hall–Kier alpha value is -2.11. The van der Waals surface area contributed by atoms with Crippen LogP contribution in [-0.2, 0) is 9.54 Å². The van der Waals surface area contributed by atoms with E-state index in [4.69, 9.17) is 0 Å². The minimum atomic E-state index is -0.788. The van der Waals surface area contributed by atoms with Crippen molar-refractivity contribution >= 4 is 34.1 Å². The molecule has 5 heteroatoms. The summed E-state index contributed by atoms with van der Waals surface area (Å²) in [5, 5.41) is 6.08. The molecular formula is C22H22N2OS2. The first-order valence-corrected chi connectivity index (χ1v) is 11.0. The molecule has 0 aliphatic heterocycles. The number of thiazole rings is 1. The standard InChI is InChI=1S/C22H22N2OS2/c25-20(24-21-23-15-16-26-21)22(17-9-3-1-4-10-17,18-11-5-2-6-12-18)27-19-13-7-8-14-19/h1-6,9-12,15-16,19H,7-8,13-14H2,(H,23,24,25). The van der Waals surface area contributed by atoms with Crippen LogP contribution in [0.3, 0.4) is 0 Å². The summed E-state index contributed by atoms with van der Waals surface area (Å²) >= 11 is 3.25. The summed E-state index contributed by atoms with van der Waals surface area (Å²) in [6.07, 6.45) is 6.53. The van der Waals surface area contributed by atoms with Crippen LogP contribution in [0.2, 0.25) is 0 Å². The molecule has 1 aliphatic carbocycles. The zero-order chi connectivity index (χ0) is 18.5. The summed E-state index contributed by atoms with van der Waals surface area (Å²) < 4.78 is -0.788. The molecule has 1 fully saturated rings. The molecule has 0 unspecified atom stereocenters. The second-order valence-corrected chi connectivity index (χ2v) is 9.14. The SMILES string of the molecule is O=C(Nc1nccs1)C(SC1CCCC1)(c1ccccc1)c1ccccc1. The van der Waals surface area contributed by atoms with Crippen LogP contribution in [0, 0.1) is 0 Å². The van der Waals surface area contributed by atoms with Crippen LogP contribution in [0.5, 0.6) is 0 Å². The van der Waals surface area contributed by atoms with Crippen molar-refractivity contribution in [1.29, 1.82) is 0 Å². The van der Waals surface area contributed by atoms with Gasteiger partial charge in [-0.25, -0.2) is 4.98 Å². The largest absolute Gasteiger partial charge is 0.300 e. The number of nitrogens with zero attached hydrogens (tertiary/aromatic N) is 1. The van der Waals surface area contributed by atoms with Crippen LogP contribution in [-0.4, -0.2) is 16.1 Å². The van der Waals surface area contributed by atoms with Crippen molar-refractivity contribution in [3.05, 3.63) is 83.4 Å². The van der Waals surface area contributed by atoms with Crippen molar-refractivity contribution < 1.29 is 4.79 Å². The van der Waals surface area contributed by atoms with E-state index in [1.54, 1.807) is 18.0 Å². The molecule has 1 aliphatic rings.